The van der Waals surface area contributed by atoms with Crippen molar-refractivity contribution in [1.29, 1.82) is 5.26 Å². The van der Waals surface area contributed by atoms with Gasteiger partial charge in [-0.05, 0) is 36.4 Å². The Morgan fingerprint density at radius 3 is 1.20 bits per heavy atom. The average molecular weight is 808 g/mol. The molecule has 0 saturated carbocycles. The van der Waals surface area contributed by atoms with Gasteiger partial charge in [-0.15, -0.1) is 43.2 Å². The van der Waals surface area contributed by atoms with E-state index in [9.17, 15) is 0 Å². The van der Waals surface area contributed by atoms with Crippen LogP contribution in [0.1, 0.15) is 6.92 Å². The van der Waals surface area contributed by atoms with Crippen LogP contribution in [-0.4, -0.2) is 19.9 Å². The summed E-state index contributed by atoms with van der Waals surface area (Å²) in [7, 11) is -9.89. The zero-order valence-corrected chi connectivity index (χ0v) is 29.4. The molecule has 15 nitrogen and oxygen atoms in total. The number of para-hydroxylation sites is 2. The second-order valence-electron chi connectivity index (χ2n) is 8.83. The molecule has 0 saturated heterocycles. The van der Waals surface area contributed by atoms with Crippen molar-refractivity contribution in [2.45, 2.75) is 6.92 Å². The molecule has 263 valence electrons. The molecule has 4 heterocycles. The number of thiazole rings is 2. The number of hydrogen-bond donors (Lipinski definition) is 2. The quantitative estimate of drug-likeness (QED) is 0.181. The maximum Gasteiger partial charge on any atom is 2.00 e. The average Bonchev–Trinajstić information content (AvgIpc) is 3.72. The Morgan fingerprint density at radius 1 is 0.560 bits per heavy atom. The van der Waals surface area contributed by atoms with Crippen LogP contribution in [0.25, 0.3) is 33.9 Å². The number of nitriles is 1. The standard InChI is InChI=1S/C28H20N6S2.C2H3N.2ClHO4.Cu/c1-3-11-21(31-27-33-25(17-35-27)23-13-5-7-15-29-23)19(9-1)20-10-2-4-12-22(20)32-28-34-26(18-36-28)24-14-6-8-16-30-24;1-2-3;2*2-1(3,4)5;/h1-18H,(H,31,33)(H,32,34);1H3;2*(H,2,3,4,5);/q;;;;+2/p-2. The van der Waals surface area contributed by atoms with E-state index in [1.165, 1.54) is 6.92 Å². The van der Waals surface area contributed by atoms with Gasteiger partial charge in [-0.1, -0.05) is 48.5 Å². The Morgan fingerprint density at radius 2 is 0.880 bits per heavy atom. The molecule has 0 spiro atoms. The number of aromatic nitrogens is 4. The molecule has 0 aliphatic carbocycles. The van der Waals surface area contributed by atoms with E-state index in [0.29, 0.717) is 0 Å². The zero-order chi connectivity index (χ0) is 35.9. The second-order valence-corrected chi connectivity index (χ2v) is 12.1. The molecular formula is C30H23Cl2CuN7O8S2. The summed E-state index contributed by atoms with van der Waals surface area (Å²) in [5.74, 6) is 0. The van der Waals surface area contributed by atoms with Crippen LogP contribution in [0.5, 0.6) is 0 Å². The summed E-state index contributed by atoms with van der Waals surface area (Å²) in [5, 5.41) is 20.0. The predicted octanol–water partition coefficient (Wildman–Crippen LogP) is -1.11. The first-order valence-electron chi connectivity index (χ1n) is 13.3. The third-order valence-electron chi connectivity index (χ3n) is 5.49. The summed E-state index contributed by atoms with van der Waals surface area (Å²) in [6.45, 7) is 1.43. The van der Waals surface area contributed by atoms with Gasteiger partial charge >= 0.3 is 17.1 Å². The number of anilines is 4. The summed E-state index contributed by atoms with van der Waals surface area (Å²) >= 11 is 3.12. The van der Waals surface area contributed by atoms with Crippen LogP contribution in [0.15, 0.2) is 108 Å². The van der Waals surface area contributed by atoms with Crippen molar-refractivity contribution in [1.82, 2.24) is 19.9 Å². The second kappa shape index (κ2) is 20.5. The Hall–Kier alpha value is -4.13. The summed E-state index contributed by atoms with van der Waals surface area (Å²) in [5.41, 5.74) is 7.51. The number of nitrogens with zero attached hydrogens (tertiary/aromatic N) is 5. The van der Waals surface area contributed by atoms with Gasteiger partial charge in [-0.3, -0.25) is 9.97 Å². The molecule has 0 atom stereocenters. The molecule has 0 aliphatic rings. The monoisotopic (exact) mass is 806 g/mol. The first-order chi connectivity index (χ1) is 23.2. The molecule has 2 N–H and O–H groups in total. The minimum atomic E-state index is -4.94. The normalized spacial score (nSPS) is 10.3. The summed E-state index contributed by atoms with van der Waals surface area (Å²) in [6.07, 6.45) is 3.56. The number of halogens is 2. The SMILES string of the molecule is CC#N.[Cu+2].[O-][Cl+3]([O-])([O-])[O-].[O-][Cl+3]([O-])([O-])[O-].c1ccc(-c2csc(Nc3ccccc3-c3ccccc3Nc3nc(-c4ccccn4)cs3)n2)nc1. The van der Waals surface area contributed by atoms with E-state index >= 15 is 0 Å². The van der Waals surface area contributed by atoms with Crippen molar-refractivity contribution in [3.8, 4) is 40.0 Å². The van der Waals surface area contributed by atoms with Gasteiger partial charge < -0.3 is 10.6 Å². The Kier molecular flexibility index (Phi) is 17.3. The maximum absolute atomic E-state index is 8.49. The number of hydrogen-bond acceptors (Lipinski definition) is 17. The summed E-state index contributed by atoms with van der Waals surface area (Å²) < 4.78 is 67.9. The van der Waals surface area contributed by atoms with Gasteiger partial charge in [0.25, 0.3) is 0 Å². The minimum Gasteiger partial charge on any atom is -0.331 e. The fourth-order valence-corrected chi connectivity index (χ4v) is 5.24. The molecule has 4 aromatic heterocycles. The largest absolute Gasteiger partial charge is 2.00 e. The van der Waals surface area contributed by atoms with E-state index in [-0.39, 0.29) is 17.1 Å². The van der Waals surface area contributed by atoms with Crippen LogP contribution < -0.4 is 47.9 Å². The number of pyridine rings is 2. The van der Waals surface area contributed by atoms with Gasteiger partial charge in [0.15, 0.2) is 10.3 Å². The van der Waals surface area contributed by atoms with Gasteiger partial charge in [0.05, 0.1) is 17.5 Å². The van der Waals surface area contributed by atoms with Gasteiger partial charge in [0.2, 0.25) is 0 Å². The topological polar surface area (TPSA) is 284 Å². The minimum absolute atomic E-state index is 0. The summed E-state index contributed by atoms with van der Waals surface area (Å²) in [4.78, 5) is 18.3. The third-order valence-corrected chi connectivity index (χ3v) is 7.01. The molecule has 20 heteroatoms. The Bertz CT molecular complexity index is 1780. The molecule has 6 rings (SSSR count). The van der Waals surface area contributed by atoms with Crippen LogP contribution in [-0.2, 0) is 17.1 Å². The van der Waals surface area contributed by atoms with Crippen LogP contribution in [0, 0.1) is 31.8 Å². The zero-order valence-electron chi connectivity index (χ0n) is 25.3. The fourth-order valence-electron chi connectivity index (χ4n) is 3.81. The van der Waals surface area contributed by atoms with E-state index < -0.39 is 20.5 Å². The van der Waals surface area contributed by atoms with E-state index in [1.54, 1.807) is 41.1 Å². The molecule has 2 aromatic carbocycles. The van der Waals surface area contributed by atoms with Crippen LogP contribution in [0.2, 0.25) is 0 Å². The molecule has 1 radical (unpaired) electrons. The molecular weight excluding hydrogens is 785 g/mol. The van der Waals surface area contributed by atoms with E-state index in [4.69, 9.17) is 52.5 Å². The van der Waals surface area contributed by atoms with Gasteiger partial charge in [0, 0.05) is 52.6 Å². The van der Waals surface area contributed by atoms with Crippen molar-refractivity contribution in [2.24, 2.45) is 0 Å². The first-order valence-corrected chi connectivity index (χ1v) is 17.5. The van der Waals surface area contributed by atoms with Crippen LogP contribution in [0.3, 0.4) is 0 Å². The first kappa shape index (κ1) is 42.0. The van der Waals surface area contributed by atoms with E-state index in [2.05, 4.69) is 44.9 Å². The fraction of sp³-hybridized carbons (Fsp3) is 0.0333. The molecule has 6 aromatic rings. The predicted molar refractivity (Wildman–Crippen MR) is 160 cm³/mol. The molecule has 0 fully saturated rings. The Balaban J connectivity index is 0.000000535. The molecule has 0 aliphatic heterocycles. The van der Waals surface area contributed by atoms with Crippen molar-refractivity contribution in [3.05, 3.63) is 108 Å². The number of nitrogens with one attached hydrogen (secondary N) is 2. The molecule has 0 bridgehead atoms. The maximum atomic E-state index is 8.49. The molecule has 0 unspecified atom stereocenters. The van der Waals surface area contributed by atoms with Crippen molar-refractivity contribution >= 4 is 44.3 Å². The van der Waals surface area contributed by atoms with Crippen molar-refractivity contribution in [3.63, 3.8) is 0 Å². The van der Waals surface area contributed by atoms with Gasteiger partial charge in [-0.25, -0.2) is 47.2 Å². The summed E-state index contributed by atoms with van der Waals surface area (Å²) in [6, 6.07) is 29.9. The van der Waals surface area contributed by atoms with Crippen molar-refractivity contribution < 1.29 is 74.8 Å². The number of rotatable bonds is 7. The smallest absolute Gasteiger partial charge is 0.331 e. The molecule has 50 heavy (non-hydrogen) atoms. The van der Waals surface area contributed by atoms with Crippen LogP contribution >= 0.6 is 22.7 Å². The number of benzene rings is 2. The van der Waals surface area contributed by atoms with Crippen molar-refractivity contribution in [2.75, 3.05) is 10.6 Å². The van der Waals surface area contributed by atoms with E-state index in [1.807, 2.05) is 71.4 Å². The van der Waals surface area contributed by atoms with Gasteiger partial charge in [-0.2, -0.15) is 5.26 Å². The Labute approximate surface area is 308 Å². The van der Waals surface area contributed by atoms with Gasteiger partial charge in [0.1, 0.15) is 11.4 Å². The van der Waals surface area contributed by atoms with E-state index in [0.717, 1.165) is 55.5 Å². The van der Waals surface area contributed by atoms with Crippen LogP contribution in [0.4, 0.5) is 21.6 Å². The molecule has 0 amide bonds. The third kappa shape index (κ3) is 15.6.